The fourth-order valence-corrected chi connectivity index (χ4v) is 3.74. The molecule has 34 heavy (non-hydrogen) atoms. The molecule has 184 valence electrons. The topological polar surface area (TPSA) is 113 Å². The van der Waals surface area contributed by atoms with Gasteiger partial charge in [0.1, 0.15) is 11.6 Å². The molecule has 0 fully saturated rings. The summed E-state index contributed by atoms with van der Waals surface area (Å²) >= 11 is 0. The lowest BCUT2D eigenvalue weighted by atomic mass is 9.95. The highest BCUT2D eigenvalue weighted by molar-refractivity contribution is 6.01. The Bertz CT molecular complexity index is 996. The van der Waals surface area contributed by atoms with E-state index in [1.165, 1.54) is 10.5 Å². The number of benzene rings is 1. The summed E-state index contributed by atoms with van der Waals surface area (Å²) in [7, 11) is 1.56. The molecule has 0 aliphatic carbocycles. The Morgan fingerprint density at radius 1 is 1.35 bits per heavy atom. The second-order valence-corrected chi connectivity index (χ2v) is 8.74. The number of amides is 1. The van der Waals surface area contributed by atoms with Crippen molar-refractivity contribution in [1.29, 1.82) is 10.8 Å². The largest absolute Gasteiger partial charge is 0.496 e. The number of amidine groups is 1. The third-order valence-corrected chi connectivity index (χ3v) is 5.97. The summed E-state index contributed by atoms with van der Waals surface area (Å²) in [4.78, 5) is 16.7. The number of hydrogen-bond acceptors (Lipinski definition) is 6. The summed E-state index contributed by atoms with van der Waals surface area (Å²) in [5.41, 5.74) is 3.81. The number of nitrogens with zero attached hydrogens (tertiary/aromatic N) is 2. The Hall–Kier alpha value is -3.23. The average molecular weight is 468 g/mol. The number of ether oxygens (including phenoxy) is 1. The zero-order valence-electron chi connectivity index (χ0n) is 20.8. The van der Waals surface area contributed by atoms with Crippen molar-refractivity contribution in [2.45, 2.75) is 52.7 Å². The molecule has 0 spiro atoms. The number of methoxy groups -OCH3 is 1. The minimum absolute atomic E-state index is 0.116. The maximum Gasteiger partial charge on any atom is 0.259 e. The minimum atomic E-state index is -0.370. The van der Waals surface area contributed by atoms with Gasteiger partial charge >= 0.3 is 0 Å². The number of allylic oxidation sites excluding steroid dienone is 3. The molecule has 1 aliphatic rings. The van der Waals surface area contributed by atoms with Crippen molar-refractivity contribution < 1.29 is 14.6 Å². The Morgan fingerprint density at radius 2 is 2.06 bits per heavy atom. The molecule has 0 radical (unpaired) electrons. The van der Waals surface area contributed by atoms with Crippen LogP contribution in [-0.4, -0.2) is 65.3 Å². The number of carbonyl (C=O) groups excluding carboxylic acids is 1. The second-order valence-electron chi connectivity index (χ2n) is 8.74. The molecule has 0 aromatic heterocycles. The molecule has 8 nitrogen and oxygen atoms in total. The highest BCUT2D eigenvalue weighted by Crippen LogP contribution is 2.29. The zero-order valence-corrected chi connectivity index (χ0v) is 20.8. The van der Waals surface area contributed by atoms with Crippen LogP contribution in [0.5, 0.6) is 5.75 Å². The molecule has 0 saturated heterocycles. The summed E-state index contributed by atoms with van der Waals surface area (Å²) in [6, 6.07) is 3.94. The van der Waals surface area contributed by atoms with Gasteiger partial charge in [0.25, 0.3) is 5.91 Å². The fourth-order valence-electron chi connectivity index (χ4n) is 3.74. The minimum Gasteiger partial charge on any atom is -0.496 e. The van der Waals surface area contributed by atoms with E-state index in [9.17, 15) is 9.90 Å². The van der Waals surface area contributed by atoms with Crippen LogP contribution in [0.1, 0.15) is 49.2 Å². The van der Waals surface area contributed by atoms with E-state index in [-0.39, 0.29) is 24.4 Å². The van der Waals surface area contributed by atoms with E-state index in [0.29, 0.717) is 28.6 Å². The number of aliphatic hydroxyl groups is 1. The summed E-state index contributed by atoms with van der Waals surface area (Å²) in [6.07, 6.45) is 6.97. The van der Waals surface area contributed by atoms with Crippen molar-refractivity contribution in [2.24, 2.45) is 0 Å². The van der Waals surface area contributed by atoms with Crippen molar-refractivity contribution in [3.63, 3.8) is 0 Å². The van der Waals surface area contributed by atoms with Crippen LogP contribution in [0.15, 0.2) is 48.2 Å². The fraction of sp³-hybridized carbons (Fsp3) is 0.423. The van der Waals surface area contributed by atoms with Gasteiger partial charge in [0.15, 0.2) is 0 Å². The molecule has 2 rings (SSSR count). The number of fused-ring (bicyclic) bond motifs is 1. The smallest absolute Gasteiger partial charge is 0.259 e. The summed E-state index contributed by atoms with van der Waals surface area (Å²) in [6.45, 7) is 13.4. The maximum atomic E-state index is 13.0. The first-order valence-electron chi connectivity index (χ1n) is 11.4. The Morgan fingerprint density at radius 3 is 2.65 bits per heavy atom. The lowest BCUT2D eigenvalue weighted by Gasteiger charge is -2.32. The zero-order chi connectivity index (χ0) is 25.4. The average Bonchev–Trinajstić information content (AvgIpc) is 2.82. The van der Waals surface area contributed by atoms with Crippen molar-refractivity contribution in [3.8, 4) is 5.75 Å². The first-order chi connectivity index (χ1) is 16.1. The second kappa shape index (κ2) is 12.3. The lowest BCUT2D eigenvalue weighted by Crippen LogP contribution is -2.39. The predicted molar refractivity (Wildman–Crippen MR) is 137 cm³/mol. The van der Waals surface area contributed by atoms with Gasteiger partial charge in [0, 0.05) is 24.8 Å². The first-order valence-corrected chi connectivity index (χ1v) is 11.4. The first kappa shape index (κ1) is 27.0. The molecule has 1 amide bonds. The van der Waals surface area contributed by atoms with E-state index in [2.05, 4.69) is 30.6 Å². The van der Waals surface area contributed by atoms with E-state index in [0.717, 1.165) is 31.4 Å². The van der Waals surface area contributed by atoms with Gasteiger partial charge in [0.05, 0.1) is 31.7 Å². The van der Waals surface area contributed by atoms with E-state index in [1.807, 2.05) is 12.1 Å². The van der Waals surface area contributed by atoms with Crippen LogP contribution in [0.2, 0.25) is 0 Å². The van der Waals surface area contributed by atoms with Crippen LogP contribution >= 0.6 is 0 Å². The molecule has 1 unspecified atom stereocenters. The van der Waals surface area contributed by atoms with Gasteiger partial charge in [-0.1, -0.05) is 18.7 Å². The summed E-state index contributed by atoms with van der Waals surface area (Å²) < 4.78 is 5.49. The Balaban J connectivity index is 2.11. The third kappa shape index (κ3) is 6.65. The Labute approximate surface area is 202 Å². The quantitative estimate of drug-likeness (QED) is 0.239. The van der Waals surface area contributed by atoms with Crippen LogP contribution in [0, 0.1) is 10.8 Å². The van der Waals surface area contributed by atoms with Crippen LogP contribution in [0.4, 0.5) is 0 Å². The number of carbonyl (C=O) groups is 1. The number of rotatable bonds is 10. The van der Waals surface area contributed by atoms with Gasteiger partial charge in [-0.05, 0) is 69.0 Å². The standard InChI is InChI=1S/C26H37N5O3/c1-17(2)30-11-10-21-13-24(34-6)23(12-22(21)14-30)26(33)29-19(4)9-7-8-18(3)25(28)31(16-27)20(5)15-32/h7-9,12-13,16-17,20,27-28,32H,4,10-11,14-15H2,1-3,5-6H3,(H,29,33)/b9-7-,18-8+,27-16?,28-25?. The summed E-state index contributed by atoms with van der Waals surface area (Å²) in [5, 5.41) is 27.8. The maximum absolute atomic E-state index is 13.0. The SMILES string of the molecule is C=C(/C=C\C=C(/C)C(=N)N(C=N)C(C)CO)NC(=O)c1cc2c(cc1OC)CCN(C(C)C)C2. The van der Waals surface area contributed by atoms with Gasteiger partial charge in [-0.2, -0.15) is 0 Å². The van der Waals surface area contributed by atoms with E-state index in [1.54, 1.807) is 39.2 Å². The molecular weight excluding hydrogens is 430 g/mol. The van der Waals surface area contributed by atoms with Crippen molar-refractivity contribution in [3.05, 3.63) is 64.9 Å². The van der Waals surface area contributed by atoms with Crippen LogP contribution in [0.25, 0.3) is 0 Å². The number of hydrogen-bond donors (Lipinski definition) is 4. The molecule has 1 aliphatic heterocycles. The van der Waals surface area contributed by atoms with E-state index in [4.69, 9.17) is 15.6 Å². The Kier molecular flexibility index (Phi) is 9.77. The molecule has 1 atom stereocenters. The normalized spacial score (nSPS) is 15.1. The monoisotopic (exact) mass is 467 g/mol. The van der Waals surface area contributed by atoms with Crippen LogP contribution < -0.4 is 10.1 Å². The van der Waals surface area contributed by atoms with E-state index < -0.39 is 0 Å². The molecule has 1 aromatic rings. The van der Waals surface area contributed by atoms with Gasteiger partial charge < -0.3 is 20.1 Å². The van der Waals surface area contributed by atoms with Gasteiger partial charge in [-0.3, -0.25) is 20.5 Å². The van der Waals surface area contributed by atoms with Gasteiger partial charge in [-0.15, -0.1) is 0 Å². The molecule has 8 heteroatoms. The third-order valence-electron chi connectivity index (χ3n) is 5.97. The summed E-state index contributed by atoms with van der Waals surface area (Å²) in [5.74, 6) is 0.362. The molecule has 0 bridgehead atoms. The lowest BCUT2D eigenvalue weighted by molar-refractivity contribution is 0.0964. The molecule has 1 heterocycles. The van der Waals surface area contributed by atoms with Crippen molar-refractivity contribution >= 4 is 18.1 Å². The van der Waals surface area contributed by atoms with Gasteiger partial charge in [-0.25, -0.2) is 0 Å². The highest BCUT2D eigenvalue weighted by atomic mass is 16.5. The van der Waals surface area contributed by atoms with E-state index >= 15 is 0 Å². The number of aliphatic hydroxyl groups excluding tert-OH is 1. The highest BCUT2D eigenvalue weighted by Gasteiger charge is 2.23. The molecular formula is C26H37N5O3. The van der Waals surface area contributed by atoms with Crippen molar-refractivity contribution in [1.82, 2.24) is 15.1 Å². The molecule has 1 aromatic carbocycles. The molecule has 4 N–H and O–H groups in total. The molecule has 0 saturated carbocycles. The van der Waals surface area contributed by atoms with Crippen molar-refractivity contribution in [2.75, 3.05) is 20.3 Å². The van der Waals surface area contributed by atoms with Gasteiger partial charge in [0.2, 0.25) is 0 Å². The number of nitrogens with one attached hydrogen (secondary N) is 3. The van der Waals surface area contributed by atoms with Crippen LogP contribution in [0.3, 0.4) is 0 Å². The van der Waals surface area contributed by atoms with Crippen LogP contribution in [-0.2, 0) is 13.0 Å². The predicted octanol–water partition coefficient (Wildman–Crippen LogP) is 3.47.